The summed E-state index contributed by atoms with van der Waals surface area (Å²) in [6, 6.07) is 15.1. The number of pyridine rings is 2. The van der Waals surface area contributed by atoms with Crippen LogP contribution >= 0.6 is 0 Å². The van der Waals surface area contributed by atoms with Gasteiger partial charge in [-0.3, -0.25) is 19.4 Å². The fourth-order valence-electron chi connectivity index (χ4n) is 7.64. The Morgan fingerprint density at radius 3 is 2.22 bits per heavy atom. The van der Waals surface area contributed by atoms with Crippen LogP contribution in [0.25, 0.3) is 17.2 Å². The molecule has 1 amide bonds. The third kappa shape index (κ3) is 8.16. The SMILES string of the molecule is COc1cc(-c2cn(C)c(=O)c(C)c2C)cc(OC)c1CN1CCN(Cc2cccc3c2CCN(C(=O)/C(C#N)=C/c2cccc(C(F)(F)F)n2)C3C)CC1. The van der Waals surface area contributed by atoms with E-state index in [1.807, 2.05) is 57.3 Å². The first-order valence-electron chi connectivity index (χ1n) is 18.2. The zero-order chi connectivity index (χ0) is 39.6. The molecular formula is C42H45F3N6O4. The topological polar surface area (TPSA) is 104 Å². The Labute approximate surface area is 319 Å². The summed E-state index contributed by atoms with van der Waals surface area (Å²) >= 11 is 0. The average molecular weight is 755 g/mol. The second kappa shape index (κ2) is 16.1. The van der Waals surface area contributed by atoms with Crippen LogP contribution in [0.5, 0.6) is 11.5 Å². The molecule has 288 valence electrons. The van der Waals surface area contributed by atoms with Crippen molar-refractivity contribution >= 4 is 12.0 Å². The van der Waals surface area contributed by atoms with Gasteiger partial charge < -0.3 is 18.9 Å². The molecule has 1 unspecified atom stereocenters. The molecule has 0 N–H and O–H groups in total. The van der Waals surface area contributed by atoms with Crippen molar-refractivity contribution in [3.8, 4) is 28.7 Å². The molecule has 1 fully saturated rings. The lowest BCUT2D eigenvalue weighted by Gasteiger charge is -2.38. The molecule has 0 aliphatic carbocycles. The van der Waals surface area contributed by atoms with Gasteiger partial charge in [-0.05, 0) is 85.4 Å². The molecular weight excluding hydrogens is 709 g/mol. The Morgan fingerprint density at radius 2 is 1.60 bits per heavy atom. The van der Waals surface area contributed by atoms with E-state index in [1.165, 1.54) is 23.3 Å². The number of methoxy groups -OCH3 is 2. The number of aromatic nitrogens is 2. The van der Waals surface area contributed by atoms with Crippen molar-refractivity contribution in [1.82, 2.24) is 24.3 Å². The number of piperazine rings is 1. The van der Waals surface area contributed by atoms with Crippen LogP contribution in [0.15, 0.2) is 65.1 Å². The van der Waals surface area contributed by atoms with Crippen molar-refractivity contribution in [2.45, 2.75) is 52.5 Å². The lowest BCUT2D eigenvalue weighted by molar-refractivity contribution is -0.141. The van der Waals surface area contributed by atoms with Crippen LogP contribution in [0, 0.1) is 25.2 Å². The van der Waals surface area contributed by atoms with Crippen molar-refractivity contribution in [2.75, 3.05) is 46.9 Å². The molecule has 6 rings (SSSR count). The second-order valence-corrected chi connectivity index (χ2v) is 14.1. The Morgan fingerprint density at radius 1 is 0.964 bits per heavy atom. The van der Waals surface area contributed by atoms with E-state index in [4.69, 9.17) is 9.47 Å². The van der Waals surface area contributed by atoms with Crippen LogP contribution in [0.1, 0.15) is 57.7 Å². The van der Waals surface area contributed by atoms with E-state index in [0.29, 0.717) is 25.1 Å². The number of aryl methyl sites for hydroxylation is 1. The number of amides is 1. The summed E-state index contributed by atoms with van der Waals surface area (Å²) in [7, 11) is 5.07. The summed E-state index contributed by atoms with van der Waals surface area (Å²) in [4.78, 5) is 36.1. The summed E-state index contributed by atoms with van der Waals surface area (Å²) in [5.41, 5.74) is 6.35. The fourth-order valence-corrected chi connectivity index (χ4v) is 7.64. The highest BCUT2D eigenvalue weighted by molar-refractivity contribution is 6.01. The van der Waals surface area contributed by atoms with Crippen molar-refractivity contribution in [3.63, 3.8) is 0 Å². The predicted octanol–water partition coefficient (Wildman–Crippen LogP) is 6.47. The van der Waals surface area contributed by atoms with Crippen LogP contribution in [0.2, 0.25) is 0 Å². The van der Waals surface area contributed by atoms with Crippen LogP contribution in [-0.2, 0) is 37.5 Å². The number of carbonyl (C=O) groups is 1. The normalized spacial score (nSPS) is 16.8. The number of rotatable bonds is 9. The number of nitriles is 1. The molecule has 0 spiro atoms. The van der Waals surface area contributed by atoms with Crippen LogP contribution in [0.4, 0.5) is 13.2 Å². The Kier molecular flexibility index (Phi) is 11.5. The second-order valence-electron chi connectivity index (χ2n) is 14.1. The van der Waals surface area contributed by atoms with Crippen molar-refractivity contribution in [2.24, 2.45) is 7.05 Å². The lowest BCUT2D eigenvalue weighted by atomic mass is 9.89. The lowest BCUT2D eigenvalue weighted by Crippen LogP contribution is -2.45. The van der Waals surface area contributed by atoms with Crippen molar-refractivity contribution in [1.29, 1.82) is 5.26 Å². The third-order valence-electron chi connectivity index (χ3n) is 10.9. The minimum absolute atomic E-state index is 0.0186. The van der Waals surface area contributed by atoms with Crippen molar-refractivity contribution < 1.29 is 27.4 Å². The highest BCUT2D eigenvalue weighted by Crippen LogP contribution is 2.38. The standard InChI is InChI=1S/C42H45F3N6O4/c1-26-27(2)40(52)48(4)24-35(26)30-20-37(54-5)36(38(21-30)55-6)25-50-17-15-49(16-18-50)23-29-9-7-11-33-28(3)51(14-13-34(29)33)41(53)31(22-46)19-32-10-8-12-39(47-32)42(43,44)45/h7-12,19-21,24,28H,13-18,23,25H2,1-6H3/b31-19+. The summed E-state index contributed by atoms with van der Waals surface area (Å²) in [5, 5.41) is 9.82. The van der Waals surface area contributed by atoms with Gasteiger partial charge in [-0.25, -0.2) is 4.98 Å². The number of nitrogens with zero attached hydrogens (tertiary/aromatic N) is 6. The van der Waals surface area contributed by atoms with Gasteiger partial charge in [0.05, 0.1) is 31.5 Å². The van der Waals surface area contributed by atoms with Crippen LogP contribution in [0.3, 0.4) is 0 Å². The first-order chi connectivity index (χ1) is 26.2. The fraction of sp³-hybridized carbons (Fsp3) is 0.381. The van der Waals surface area contributed by atoms with Gasteiger partial charge in [-0.2, -0.15) is 18.4 Å². The molecule has 4 aromatic rings. The molecule has 55 heavy (non-hydrogen) atoms. The number of hydrogen-bond acceptors (Lipinski definition) is 8. The molecule has 1 atom stereocenters. The number of halogens is 3. The van der Waals surface area contributed by atoms with Gasteiger partial charge >= 0.3 is 6.18 Å². The van der Waals surface area contributed by atoms with Gasteiger partial charge in [0.15, 0.2) is 0 Å². The van der Waals surface area contributed by atoms with E-state index < -0.39 is 17.8 Å². The first kappa shape index (κ1) is 39.2. The van der Waals surface area contributed by atoms with Gasteiger partial charge in [-0.15, -0.1) is 0 Å². The van der Waals surface area contributed by atoms with Gasteiger partial charge in [0.2, 0.25) is 0 Å². The molecule has 0 radical (unpaired) electrons. The van der Waals surface area contributed by atoms with Gasteiger partial charge in [0.1, 0.15) is 28.8 Å². The monoisotopic (exact) mass is 754 g/mol. The Bertz CT molecular complexity index is 2210. The highest BCUT2D eigenvalue weighted by Gasteiger charge is 2.34. The molecule has 4 heterocycles. The smallest absolute Gasteiger partial charge is 0.433 e. The maximum absolute atomic E-state index is 13.6. The first-order valence-corrected chi connectivity index (χ1v) is 18.2. The number of ether oxygens (including phenoxy) is 2. The number of hydrogen-bond donors (Lipinski definition) is 0. The maximum Gasteiger partial charge on any atom is 0.433 e. The number of benzene rings is 2. The van der Waals surface area contributed by atoms with Crippen molar-refractivity contribution in [3.05, 3.63) is 115 Å². The third-order valence-corrected chi connectivity index (χ3v) is 10.9. The molecule has 0 saturated carbocycles. The highest BCUT2D eigenvalue weighted by atomic mass is 19.4. The number of alkyl halides is 3. The minimum atomic E-state index is -4.64. The number of carbonyl (C=O) groups excluding carboxylic acids is 1. The molecule has 2 aromatic heterocycles. The zero-order valence-corrected chi connectivity index (χ0v) is 32.0. The number of fused-ring (bicyclic) bond motifs is 1. The van der Waals surface area contributed by atoms with Gasteiger partial charge in [0, 0.05) is 70.2 Å². The van der Waals surface area contributed by atoms with Gasteiger partial charge in [-0.1, -0.05) is 24.3 Å². The van der Waals surface area contributed by atoms with E-state index in [0.717, 1.165) is 84.2 Å². The summed E-state index contributed by atoms with van der Waals surface area (Å²) in [5.74, 6) is 0.913. The molecule has 13 heteroatoms. The van der Waals surface area contributed by atoms with Crippen LogP contribution < -0.4 is 15.0 Å². The molecule has 2 aliphatic rings. The van der Waals surface area contributed by atoms with Crippen LogP contribution in [-0.4, -0.2) is 77.1 Å². The van der Waals surface area contributed by atoms with E-state index in [1.54, 1.807) is 30.7 Å². The summed E-state index contributed by atoms with van der Waals surface area (Å²) in [6.45, 7) is 10.9. The quantitative estimate of drug-likeness (QED) is 0.142. The minimum Gasteiger partial charge on any atom is -0.496 e. The summed E-state index contributed by atoms with van der Waals surface area (Å²) in [6.07, 6.45) is -1.07. The molecule has 1 saturated heterocycles. The van der Waals surface area contributed by atoms with E-state index in [2.05, 4.69) is 20.9 Å². The largest absolute Gasteiger partial charge is 0.496 e. The van der Waals surface area contributed by atoms with E-state index in [9.17, 15) is 28.0 Å². The van der Waals surface area contributed by atoms with E-state index >= 15 is 0 Å². The Hall–Kier alpha value is -5.45. The molecule has 10 nitrogen and oxygen atoms in total. The molecule has 2 aromatic carbocycles. The Balaban J connectivity index is 1.12. The average Bonchev–Trinajstić information content (AvgIpc) is 3.18. The molecule has 0 bridgehead atoms. The predicted molar refractivity (Wildman–Crippen MR) is 203 cm³/mol. The molecule has 2 aliphatic heterocycles. The maximum atomic E-state index is 13.6. The van der Waals surface area contributed by atoms with E-state index in [-0.39, 0.29) is 22.9 Å². The van der Waals surface area contributed by atoms with Gasteiger partial charge in [0.25, 0.3) is 11.5 Å². The summed E-state index contributed by atoms with van der Waals surface area (Å²) < 4.78 is 53.0. The zero-order valence-electron chi connectivity index (χ0n) is 32.0.